The van der Waals surface area contributed by atoms with Gasteiger partial charge in [-0.25, -0.2) is 0 Å². The van der Waals surface area contributed by atoms with Crippen molar-refractivity contribution in [3.63, 3.8) is 0 Å². The summed E-state index contributed by atoms with van der Waals surface area (Å²) in [6.07, 6.45) is 0. The Labute approximate surface area is 55.9 Å². The molecule has 0 aromatic carbocycles. The van der Waals surface area contributed by atoms with E-state index in [1.54, 1.807) is 0 Å². The first-order valence-corrected chi connectivity index (χ1v) is 3.53. The van der Waals surface area contributed by atoms with Crippen LogP contribution in [0.4, 0.5) is 0 Å². The molecule has 0 radical (unpaired) electrons. The van der Waals surface area contributed by atoms with E-state index in [1.807, 2.05) is 0 Å². The lowest BCUT2D eigenvalue weighted by molar-refractivity contribution is 1.67. The molecular formula is CH2ClNS3. The molecule has 0 heterocycles. The summed E-state index contributed by atoms with van der Waals surface area (Å²) in [4.78, 5) is 0. The fraction of sp³-hybridized carbons (Fsp3) is 0. The van der Waals surface area contributed by atoms with Crippen LogP contribution in [0.5, 0.6) is 0 Å². The van der Waals surface area contributed by atoms with Gasteiger partial charge in [0, 0.05) is 0 Å². The van der Waals surface area contributed by atoms with E-state index in [1.165, 1.54) is 0 Å². The molecule has 0 saturated heterocycles. The van der Waals surface area contributed by atoms with Crippen molar-refractivity contribution < 1.29 is 0 Å². The zero-order chi connectivity index (χ0) is 4.99. The molecular weight excluding hydrogens is 158 g/mol. The Morgan fingerprint density at radius 2 is 2.50 bits per heavy atom. The molecule has 0 aliphatic heterocycles. The van der Waals surface area contributed by atoms with Crippen LogP contribution in [0.25, 0.3) is 0 Å². The van der Waals surface area contributed by atoms with E-state index in [9.17, 15) is 0 Å². The minimum Gasteiger partial charge on any atom is -0.302 e. The van der Waals surface area contributed by atoms with Crippen LogP contribution in [0.2, 0.25) is 0 Å². The molecule has 5 heteroatoms. The number of nitrogens with one attached hydrogen (secondary N) is 1. The summed E-state index contributed by atoms with van der Waals surface area (Å²) in [5.74, 6) is 0. The molecule has 0 aromatic rings. The monoisotopic (exact) mass is 159 g/mol. The van der Waals surface area contributed by atoms with Crippen LogP contribution in [-0.4, -0.2) is 4.32 Å². The molecule has 0 aliphatic carbocycles. The van der Waals surface area contributed by atoms with Gasteiger partial charge in [-0.15, -0.1) is 12.6 Å². The number of thiol groups is 1. The lowest BCUT2D eigenvalue weighted by Gasteiger charge is -1.87. The van der Waals surface area contributed by atoms with Gasteiger partial charge in [0.25, 0.3) is 0 Å². The topological polar surface area (TPSA) is 12.0 Å². The van der Waals surface area contributed by atoms with Gasteiger partial charge in [-0.3, -0.25) is 0 Å². The third-order valence-corrected chi connectivity index (χ3v) is 1.13. The predicted molar refractivity (Wildman–Crippen MR) is 38.2 cm³/mol. The molecule has 0 saturated carbocycles. The summed E-state index contributed by atoms with van der Waals surface area (Å²) in [6, 6.07) is 0. The maximum atomic E-state index is 5.07. The second-order valence-electron chi connectivity index (χ2n) is 0.484. The van der Waals surface area contributed by atoms with Crippen LogP contribution in [0, 0.1) is 0 Å². The van der Waals surface area contributed by atoms with Gasteiger partial charge in [0.1, 0.15) is 4.32 Å². The fourth-order valence-corrected chi connectivity index (χ4v) is 0.891. The molecule has 0 bridgehead atoms. The van der Waals surface area contributed by atoms with Crippen LogP contribution >= 0.6 is 46.7 Å². The first-order chi connectivity index (χ1) is 2.77. The largest absolute Gasteiger partial charge is 0.302 e. The molecule has 6 heavy (non-hydrogen) atoms. The van der Waals surface area contributed by atoms with E-state index < -0.39 is 0 Å². The van der Waals surface area contributed by atoms with Gasteiger partial charge < -0.3 is 4.72 Å². The normalized spacial score (nSPS) is 7.67. The lowest BCUT2D eigenvalue weighted by Crippen LogP contribution is -2.01. The Morgan fingerprint density at radius 3 is 2.50 bits per heavy atom. The highest BCUT2D eigenvalue weighted by atomic mass is 35.7. The minimum atomic E-state index is 0.398. The zero-order valence-corrected chi connectivity index (χ0v) is 5.93. The average molecular weight is 160 g/mol. The third kappa shape index (κ3) is 4.88. The highest BCUT2D eigenvalue weighted by Gasteiger charge is 1.77. The second kappa shape index (κ2) is 4.05. The molecule has 0 amide bonds. The fourth-order valence-electron chi connectivity index (χ4n) is 0.0330. The molecule has 1 N–H and O–H groups in total. The molecule has 0 fully saturated rings. The summed E-state index contributed by atoms with van der Waals surface area (Å²) in [6.45, 7) is 0. The van der Waals surface area contributed by atoms with Gasteiger partial charge >= 0.3 is 0 Å². The Balaban J connectivity index is 2.83. The highest BCUT2D eigenvalue weighted by Crippen LogP contribution is 1.98. The van der Waals surface area contributed by atoms with E-state index >= 15 is 0 Å². The third-order valence-electron chi connectivity index (χ3n) is 0.126. The van der Waals surface area contributed by atoms with Crippen molar-refractivity contribution in [2.45, 2.75) is 0 Å². The lowest BCUT2D eigenvalue weighted by atomic mass is 11.5. The van der Waals surface area contributed by atoms with Crippen molar-refractivity contribution in [1.82, 2.24) is 4.72 Å². The number of halogens is 1. The molecule has 0 rings (SSSR count). The summed E-state index contributed by atoms with van der Waals surface area (Å²) >= 11 is 9.05. The molecule has 1 nitrogen and oxygen atoms in total. The standard InChI is InChI=1S/CH2ClNS3/c2-6-3-1(4)5/h(H2,3,4,5). The van der Waals surface area contributed by atoms with Crippen molar-refractivity contribution in [1.29, 1.82) is 0 Å². The second-order valence-corrected chi connectivity index (χ2v) is 2.46. The molecule has 0 aromatic heterocycles. The van der Waals surface area contributed by atoms with Crippen molar-refractivity contribution >= 4 is 51.0 Å². The SMILES string of the molecule is S=C(S)NSCl. The van der Waals surface area contributed by atoms with Crippen molar-refractivity contribution in [3.05, 3.63) is 0 Å². The van der Waals surface area contributed by atoms with E-state index in [0.717, 1.165) is 11.2 Å². The Bertz CT molecular complexity index is 54.8. The Kier molecular flexibility index (Phi) is 4.64. The number of thiocarbonyl (C=S) groups is 1. The highest BCUT2D eigenvalue weighted by molar-refractivity contribution is 8.22. The summed E-state index contributed by atoms with van der Waals surface area (Å²) in [5.41, 5.74) is 0. The van der Waals surface area contributed by atoms with Crippen molar-refractivity contribution in [2.75, 3.05) is 0 Å². The van der Waals surface area contributed by atoms with Gasteiger partial charge in [-0.1, -0.05) is 12.2 Å². The average Bonchev–Trinajstić information content (AvgIpc) is 1.35. The van der Waals surface area contributed by atoms with Gasteiger partial charge in [0.05, 0.1) is 11.2 Å². The number of rotatable bonds is 1. The predicted octanol–water partition coefficient (Wildman–Crippen LogP) is 1.59. The maximum Gasteiger partial charge on any atom is 0.141 e. The smallest absolute Gasteiger partial charge is 0.141 e. The van der Waals surface area contributed by atoms with Gasteiger partial charge in [-0.2, -0.15) is 0 Å². The first kappa shape index (κ1) is 6.88. The van der Waals surface area contributed by atoms with Crippen molar-refractivity contribution in [3.8, 4) is 0 Å². The van der Waals surface area contributed by atoms with E-state index in [0.29, 0.717) is 4.32 Å². The van der Waals surface area contributed by atoms with E-state index in [4.69, 9.17) is 10.7 Å². The van der Waals surface area contributed by atoms with Gasteiger partial charge in [0.15, 0.2) is 0 Å². The number of hydrogen-bond acceptors (Lipinski definition) is 2. The molecule has 0 unspecified atom stereocenters. The molecule has 0 atom stereocenters. The van der Waals surface area contributed by atoms with Crippen LogP contribution in [-0.2, 0) is 0 Å². The Hall–Kier alpha value is 0.880. The van der Waals surface area contributed by atoms with E-state index in [-0.39, 0.29) is 0 Å². The zero-order valence-electron chi connectivity index (χ0n) is 2.64. The summed E-state index contributed by atoms with van der Waals surface area (Å²) < 4.78 is 2.88. The van der Waals surface area contributed by atoms with Crippen LogP contribution in [0.15, 0.2) is 0 Å². The number of hydrogen-bond donors (Lipinski definition) is 2. The van der Waals surface area contributed by atoms with Gasteiger partial charge in [0.2, 0.25) is 0 Å². The molecule has 0 aliphatic rings. The summed E-state index contributed by atoms with van der Waals surface area (Å²) in [7, 11) is 5.07. The quantitative estimate of drug-likeness (QED) is 0.343. The Morgan fingerprint density at radius 1 is 2.00 bits per heavy atom. The molecule has 0 spiro atoms. The van der Waals surface area contributed by atoms with Crippen LogP contribution in [0.3, 0.4) is 0 Å². The van der Waals surface area contributed by atoms with Crippen LogP contribution < -0.4 is 4.72 Å². The first-order valence-electron chi connectivity index (χ1n) is 1.04. The van der Waals surface area contributed by atoms with E-state index in [2.05, 4.69) is 29.6 Å². The minimum absolute atomic E-state index is 0.398. The maximum absolute atomic E-state index is 5.07. The van der Waals surface area contributed by atoms with Crippen molar-refractivity contribution in [2.24, 2.45) is 0 Å². The van der Waals surface area contributed by atoms with Crippen LogP contribution in [0.1, 0.15) is 0 Å². The van der Waals surface area contributed by atoms with Gasteiger partial charge in [-0.05, 0) is 10.7 Å². The molecule has 36 valence electrons. The summed E-state index contributed by atoms with van der Waals surface area (Å²) in [5, 5.41) is 0.